The molecular formula is C15H25NO2S. The second-order valence-electron chi connectivity index (χ2n) is 5.44. The van der Waals surface area contributed by atoms with Gasteiger partial charge in [0.15, 0.2) is 9.84 Å². The molecule has 1 aromatic carbocycles. The third kappa shape index (κ3) is 5.23. The molecule has 1 unspecified atom stereocenters. The van der Waals surface area contributed by atoms with E-state index < -0.39 is 9.84 Å². The predicted octanol–water partition coefficient (Wildman–Crippen LogP) is 3.72. The van der Waals surface area contributed by atoms with E-state index in [1.54, 1.807) is 19.1 Å². The summed E-state index contributed by atoms with van der Waals surface area (Å²) in [5.41, 5.74) is 0.978. The molecule has 4 heteroatoms. The van der Waals surface area contributed by atoms with Crippen molar-refractivity contribution in [3.8, 4) is 0 Å². The van der Waals surface area contributed by atoms with Crippen molar-refractivity contribution in [2.75, 3.05) is 11.1 Å². The highest BCUT2D eigenvalue weighted by molar-refractivity contribution is 7.91. The summed E-state index contributed by atoms with van der Waals surface area (Å²) >= 11 is 0. The Hall–Kier alpha value is -1.03. The standard InChI is InChI=1S/C15H25NO2S/c1-5-19(17,18)15-10-8-14(9-11-15)16-13(4)7-6-12(2)3/h8-13,16H,5-7H2,1-4H3. The minimum Gasteiger partial charge on any atom is -0.383 e. The molecule has 0 radical (unpaired) electrons. The van der Waals surface area contributed by atoms with Gasteiger partial charge in [-0.3, -0.25) is 0 Å². The lowest BCUT2D eigenvalue weighted by Gasteiger charge is -2.16. The van der Waals surface area contributed by atoms with Crippen LogP contribution < -0.4 is 5.32 Å². The second kappa shape index (κ2) is 6.94. The van der Waals surface area contributed by atoms with Crippen molar-refractivity contribution in [1.29, 1.82) is 0 Å². The number of anilines is 1. The van der Waals surface area contributed by atoms with Gasteiger partial charge in [0.25, 0.3) is 0 Å². The van der Waals surface area contributed by atoms with E-state index >= 15 is 0 Å². The van der Waals surface area contributed by atoms with Gasteiger partial charge in [-0.1, -0.05) is 20.8 Å². The van der Waals surface area contributed by atoms with E-state index in [9.17, 15) is 8.42 Å². The van der Waals surface area contributed by atoms with Crippen LogP contribution in [0, 0.1) is 5.92 Å². The molecule has 0 aliphatic carbocycles. The first-order chi connectivity index (χ1) is 8.85. The van der Waals surface area contributed by atoms with Crippen molar-refractivity contribution in [1.82, 2.24) is 0 Å². The fourth-order valence-electron chi connectivity index (χ4n) is 1.87. The lowest BCUT2D eigenvalue weighted by molar-refractivity contribution is 0.527. The smallest absolute Gasteiger partial charge is 0.178 e. The maximum absolute atomic E-state index is 11.7. The number of sulfone groups is 1. The van der Waals surface area contributed by atoms with Crippen molar-refractivity contribution in [2.24, 2.45) is 5.92 Å². The van der Waals surface area contributed by atoms with Gasteiger partial charge in [-0.05, 0) is 49.9 Å². The zero-order chi connectivity index (χ0) is 14.5. The number of nitrogens with one attached hydrogen (secondary N) is 1. The summed E-state index contributed by atoms with van der Waals surface area (Å²) in [6.45, 7) is 8.25. The fourth-order valence-corrected chi connectivity index (χ4v) is 2.75. The molecular weight excluding hydrogens is 258 g/mol. The van der Waals surface area contributed by atoms with Crippen LogP contribution >= 0.6 is 0 Å². The topological polar surface area (TPSA) is 46.2 Å². The van der Waals surface area contributed by atoms with Crippen LogP contribution in [0.1, 0.15) is 40.5 Å². The van der Waals surface area contributed by atoms with Gasteiger partial charge < -0.3 is 5.32 Å². The monoisotopic (exact) mass is 283 g/mol. The van der Waals surface area contributed by atoms with Gasteiger partial charge in [-0.15, -0.1) is 0 Å². The van der Waals surface area contributed by atoms with Gasteiger partial charge in [0.1, 0.15) is 0 Å². The third-order valence-corrected chi connectivity index (χ3v) is 4.93. The Morgan fingerprint density at radius 2 is 1.63 bits per heavy atom. The zero-order valence-electron chi connectivity index (χ0n) is 12.3. The van der Waals surface area contributed by atoms with Crippen LogP contribution in [-0.2, 0) is 9.84 Å². The molecule has 108 valence electrons. The molecule has 0 bridgehead atoms. The average molecular weight is 283 g/mol. The van der Waals surface area contributed by atoms with Crippen molar-refractivity contribution in [3.05, 3.63) is 24.3 Å². The maximum Gasteiger partial charge on any atom is 0.178 e. The molecule has 3 nitrogen and oxygen atoms in total. The fraction of sp³-hybridized carbons (Fsp3) is 0.600. The second-order valence-corrected chi connectivity index (χ2v) is 7.72. The molecule has 0 spiro atoms. The van der Waals surface area contributed by atoms with Crippen LogP contribution in [0.25, 0.3) is 0 Å². The van der Waals surface area contributed by atoms with E-state index in [4.69, 9.17) is 0 Å². The van der Waals surface area contributed by atoms with Gasteiger partial charge in [0, 0.05) is 11.7 Å². The van der Waals surface area contributed by atoms with Crippen molar-refractivity contribution in [2.45, 2.75) is 51.5 Å². The van der Waals surface area contributed by atoms with Crippen LogP contribution in [0.2, 0.25) is 0 Å². The Kier molecular flexibility index (Phi) is 5.85. The highest BCUT2D eigenvalue weighted by Gasteiger charge is 2.11. The van der Waals surface area contributed by atoms with Gasteiger partial charge in [0.05, 0.1) is 10.6 Å². The number of rotatable bonds is 7. The average Bonchev–Trinajstić information content (AvgIpc) is 2.37. The summed E-state index contributed by atoms with van der Waals surface area (Å²) < 4.78 is 23.4. The molecule has 0 fully saturated rings. The minimum atomic E-state index is -3.09. The SMILES string of the molecule is CCS(=O)(=O)c1ccc(NC(C)CCC(C)C)cc1. The van der Waals surface area contributed by atoms with Crippen LogP contribution in [-0.4, -0.2) is 20.2 Å². The van der Waals surface area contributed by atoms with Gasteiger partial charge in [-0.25, -0.2) is 8.42 Å². The lowest BCUT2D eigenvalue weighted by Crippen LogP contribution is -2.15. The van der Waals surface area contributed by atoms with Crippen LogP contribution in [0.3, 0.4) is 0 Å². The van der Waals surface area contributed by atoms with E-state index in [1.807, 2.05) is 12.1 Å². The van der Waals surface area contributed by atoms with Crippen molar-refractivity contribution < 1.29 is 8.42 Å². The highest BCUT2D eigenvalue weighted by Crippen LogP contribution is 2.17. The Balaban J connectivity index is 2.62. The third-order valence-electron chi connectivity index (χ3n) is 3.18. The van der Waals surface area contributed by atoms with Gasteiger partial charge in [0.2, 0.25) is 0 Å². The first kappa shape index (κ1) is 16.0. The van der Waals surface area contributed by atoms with Gasteiger partial charge in [-0.2, -0.15) is 0 Å². The van der Waals surface area contributed by atoms with E-state index in [-0.39, 0.29) is 5.75 Å². The van der Waals surface area contributed by atoms with E-state index in [0.717, 1.165) is 12.1 Å². The Bertz CT molecular complexity index is 477. The Labute approximate surface area is 117 Å². The largest absolute Gasteiger partial charge is 0.383 e. The molecule has 0 saturated heterocycles. The first-order valence-electron chi connectivity index (χ1n) is 6.94. The normalized spacial score (nSPS) is 13.5. The summed E-state index contributed by atoms with van der Waals surface area (Å²) in [7, 11) is -3.09. The molecule has 0 saturated carbocycles. The first-order valence-corrected chi connectivity index (χ1v) is 8.59. The van der Waals surface area contributed by atoms with Crippen LogP contribution in [0.4, 0.5) is 5.69 Å². The summed E-state index contributed by atoms with van der Waals surface area (Å²) in [5.74, 6) is 0.853. The number of benzene rings is 1. The molecule has 19 heavy (non-hydrogen) atoms. The minimum absolute atomic E-state index is 0.143. The summed E-state index contributed by atoms with van der Waals surface area (Å²) in [6, 6.07) is 7.44. The Morgan fingerprint density at radius 1 is 1.05 bits per heavy atom. The molecule has 1 N–H and O–H groups in total. The summed E-state index contributed by atoms with van der Waals surface area (Å²) in [6.07, 6.45) is 2.31. The number of hydrogen-bond donors (Lipinski definition) is 1. The van der Waals surface area contributed by atoms with Crippen molar-refractivity contribution >= 4 is 15.5 Å². The lowest BCUT2D eigenvalue weighted by atomic mass is 10.0. The molecule has 0 heterocycles. The molecule has 0 aliphatic heterocycles. The molecule has 1 aromatic rings. The maximum atomic E-state index is 11.7. The van der Waals surface area contributed by atoms with Crippen LogP contribution in [0.5, 0.6) is 0 Å². The quantitative estimate of drug-likeness (QED) is 0.829. The van der Waals surface area contributed by atoms with Crippen molar-refractivity contribution in [3.63, 3.8) is 0 Å². The van der Waals surface area contributed by atoms with E-state index in [0.29, 0.717) is 16.9 Å². The Morgan fingerprint density at radius 3 is 2.11 bits per heavy atom. The molecule has 0 aliphatic rings. The summed E-state index contributed by atoms with van der Waals surface area (Å²) in [4.78, 5) is 0.399. The predicted molar refractivity (Wildman–Crippen MR) is 81.3 cm³/mol. The van der Waals surface area contributed by atoms with Gasteiger partial charge >= 0.3 is 0 Å². The molecule has 1 rings (SSSR count). The number of hydrogen-bond acceptors (Lipinski definition) is 3. The molecule has 0 amide bonds. The van der Waals surface area contributed by atoms with Crippen LogP contribution in [0.15, 0.2) is 29.2 Å². The molecule has 1 atom stereocenters. The molecule has 0 aromatic heterocycles. The zero-order valence-corrected chi connectivity index (χ0v) is 13.1. The highest BCUT2D eigenvalue weighted by atomic mass is 32.2. The van der Waals surface area contributed by atoms with E-state index in [1.165, 1.54) is 6.42 Å². The van der Waals surface area contributed by atoms with E-state index in [2.05, 4.69) is 26.1 Å². The summed E-state index contributed by atoms with van der Waals surface area (Å²) in [5, 5.41) is 3.40.